The van der Waals surface area contributed by atoms with E-state index in [1.807, 2.05) is 0 Å². The number of nitrogens with one attached hydrogen (secondary N) is 1. The van der Waals surface area contributed by atoms with Gasteiger partial charge >= 0.3 is 0 Å². The number of hydrogen-bond donors (Lipinski definition) is 1. The van der Waals surface area contributed by atoms with Gasteiger partial charge in [-0.1, -0.05) is 11.6 Å². The molecular formula is C14H15ClFN3O2. The van der Waals surface area contributed by atoms with Crippen molar-refractivity contribution in [1.29, 1.82) is 0 Å². The predicted octanol–water partition coefficient (Wildman–Crippen LogP) is 3.30. The van der Waals surface area contributed by atoms with Gasteiger partial charge in [-0.2, -0.15) is 0 Å². The van der Waals surface area contributed by atoms with Gasteiger partial charge in [0.05, 0.1) is 24.9 Å². The minimum Gasteiger partial charge on any atom is -0.493 e. The van der Waals surface area contributed by atoms with E-state index in [-0.39, 0.29) is 11.5 Å². The molecule has 5 nitrogen and oxygen atoms in total. The molecule has 1 heterocycles. The Hall–Kier alpha value is -2.08. The zero-order valence-electron chi connectivity index (χ0n) is 12.1. The largest absolute Gasteiger partial charge is 0.493 e. The van der Waals surface area contributed by atoms with Crippen LogP contribution >= 0.6 is 11.6 Å². The summed E-state index contributed by atoms with van der Waals surface area (Å²) in [6.45, 7) is 1.57. The molecule has 0 radical (unpaired) electrons. The summed E-state index contributed by atoms with van der Waals surface area (Å²) in [6.07, 6.45) is 0. The summed E-state index contributed by atoms with van der Waals surface area (Å²) in [4.78, 5) is 8.28. The third-order valence-electron chi connectivity index (χ3n) is 2.95. The fourth-order valence-corrected chi connectivity index (χ4v) is 2.19. The summed E-state index contributed by atoms with van der Waals surface area (Å²) in [7, 11) is 4.60. The molecule has 0 fully saturated rings. The molecule has 0 aliphatic carbocycles. The Balaban J connectivity index is 2.62. The van der Waals surface area contributed by atoms with Crippen molar-refractivity contribution in [3.8, 4) is 22.9 Å². The summed E-state index contributed by atoms with van der Waals surface area (Å²) in [6, 6.07) is 3.34. The summed E-state index contributed by atoms with van der Waals surface area (Å²) in [5, 5.41) is 3.06. The van der Waals surface area contributed by atoms with E-state index < -0.39 is 5.82 Å². The van der Waals surface area contributed by atoms with E-state index in [9.17, 15) is 4.39 Å². The maximum absolute atomic E-state index is 13.8. The number of hydrogen-bond acceptors (Lipinski definition) is 5. The number of halogens is 2. The first kappa shape index (κ1) is 15.3. The number of methoxy groups -OCH3 is 2. The zero-order valence-corrected chi connectivity index (χ0v) is 12.9. The molecule has 112 valence electrons. The van der Waals surface area contributed by atoms with Gasteiger partial charge in [-0.15, -0.1) is 0 Å². The van der Waals surface area contributed by atoms with Gasteiger partial charge in [0.2, 0.25) is 0 Å². The maximum Gasteiger partial charge on any atom is 0.186 e. The Morgan fingerprint density at radius 3 is 2.48 bits per heavy atom. The highest BCUT2D eigenvalue weighted by Gasteiger charge is 2.16. The Labute approximate surface area is 127 Å². The van der Waals surface area contributed by atoms with Crippen molar-refractivity contribution in [2.75, 3.05) is 26.6 Å². The lowest BCUT2D eigenvalue weighted by molar-refractivity contribution is 0.355. The molecule has 7 heteroatoms. The lowest BCUT2D eigenvalue weighted by Crippen LogP contribution is -2.04. The lowest BCUT2D eigenvalue weighted by atomic mass is 10.1. The third kappa shape index (κ3) is 2.85. The van der Waals surface area contributed by atoms with Crippen LogP contribution in [0.2, 0.25) is 5.02 Å². The van der Waals surface area contributed by atoms with Crippen molar-refractivity contribution >= 4 is 17.4 Å². The predicted molar refractivity (Wildman–Crippen MR) is 79.8 cm³/mol. The van der Waals surface area contributed by atoms with Crippen LogP contribution in [-0.4, -0.2) is 31.2 Å². The molecule has 0 bridgehead atoms. The van der Waals surface area contributed by atoms with Gasteiger partial charge in [0, 0.05) is 12.6 Å². The van der Waals surface area contributed by atoms with Crippen LogP contribution in [0.25, 0.3) is 11.4 Å². The molecule has 0 spiro atoms. The molecule has 2 rings (SSSR count). The second-order valence-corrected chi connectivity index (χ2v) is 4.65. The zero-order chi connectivity index (χ0) is 15.6. The SMILES string of the molecule is CNc1nc(-c2cc(Cl)c(OC)c(OC)c2)nc(C)c1F. The highest BCUT2D eigenvalue weighted by molar-refractivity contribution is 6.32. The molecule has 0 atom stereocenters. The number of nitrogens with zero attached hydrogens (tertiary/aromatic N) is 2. The second kappa shape index (κ2) is 6.13. The van der Waals surface area contributed by atoms with Crippen molar-refractivity contribution in [3.63, 3.8) is 0 Å². The van der Waals surface area contributed by atoms with Crippen molar-refractivity contribution in [2.45, 2.75) is 6.92 Å². The number of aromatic nitrogens is 2. The van der Waals surface area contributed by atoms with Crippen molar-refractivity contribution in [2.24, 2.45) is 0 Å². The maximum atomic E-state index is 13.8. The molecule has 0 aliphatic rings. The molecule has 21 heavy (non-hydrogen) atoms. The minimum absolute atomic E-state index is 0.128. The topological polar surface area (TPSA) is 56.3 Å². The van der Waals surface area contributed by atoms with Gasteiger partial charge < -0.3 is 14.8 Å². The number of ether oxygens (including phenoxy) is 2. The van der Waals surface area contributed by atoms with Crippen molar-refractivity contribution in [3.05, 3.63) is 28.7 Å². The first-order valence-electron chi connectivity index (χ1n) is 6.15. The average molecular weight is 312 g/mol. The normalized spacial score (nSPS) is 10.4. The van der Waals surface area contributed by atoms with E-state index in [1.165, 1.54) is 14.2 Å². The highest BCUT2D eigenvalue weighted by Crippen LogP contribution is 2.38. The highest BCUT2D eigenvalue weighted by atomic mass is 35.5. The summed E-state index contributed by atoms with van der Waals surface area (Å²) in [5.74, 6) is 0.879. The standard InChI is InChI=1S/C14H15ClFN3O2/c1-7-11(16)14(17-2)19-13(18-7)8-5-9(15)12(21-4)10(6-8)20-3/h5-6H,1-4H3,(H,17,18,19). The van der Waals surface area contributed by atoms with Crippen molar-refractivity contribution in [1.82, 2.24) is 9.97 Å². The molecule has 0 amide bonds. The Morgan fingerprint density at radius 1 is 1.19 bits per heavy atom. The minimum atomic E-state index is -0.479. The Bertz CT molecular complexity index is 680. The number of aryl methyl sites for hydroxylation is 1. The van der Waals surface area contributed by atoms with Crippen LogP contribution < -0.4 is 14.8 Å². The van der Waals surface area contributed by atoms with Crippen LogP contribution in [0.3, 0.4) is 0 Å². The second-order valence-electron chi connectivity index (χ2n) is 4.24. The molecule has 1 aromatic carbocycles. The number of benzene rings is 1. The van der Waals surface area contributed by atoms with E-state index >= 15 is 0 Å². The Morgan fingerprint density at radius 2 is 1.90 bits per heavy atom. The first-order chi connectivity index (χ1) is 10.0. The van der Waals surface area contributed by atoms with Crippen LogP contribution in [0.1, 0.15) is 5.69 Å². The third-order valence-corrected chi connectivity index (χ3v) is 3.23. The van der Waals surface area contributed by atoms with Crippen LogP contribution in [0, 0.1) is 12.7 Å². The summed E-state index contributed by atoms with van der Waals surface area (Å²) < 4.78 is 24.2. The Kier molecular flexibility index (Phi) is 4.47. The molecule has 1 aromatic heterocycles. The average Bonchev–Trinajstić information content (AvgIpc) is 2.48. The molecule has 0 unspecified atom stereocenters. The molecule has 0 saturated carbocycles. The van der Waals surface area contributed by atoms with Gasteiger partial charge in [-0.05, 0) is 19.1 Å². The van der Waals surface area contributed by atoms with Crippen LogP contribution in [0.4, 0.5) is 10.2 Å². The molecular weight excluding hydrogens is 297 g/mol. The summed E-state index contributed by atoms with van der Waals surface area (Å²) in [5.41, 5.74) is 0.854. The van der Waals surface area contributed by atoms with Crippen LogP contribution in [-0.2, 0) is 0 Å². The van der Waals surface area contributed by atoms with Gasteiger partial charge in [0.1, 0.15) is 0 Å². The monoisotopic (exact) mass is 311 g/mol. The van der Waals surface area contributed by atoms with Crippen molar-refractivity contribution < 1.29 is 13.9 Å². The molecule has 2 aromatic rings. The molecule has 1 N–H and O–H groups in total. The van der Waals surface area contributed by atoms with Crippen LogP contribution in [0.15, 0.2) is 12.1 Å². The smallest absolute Gasteiger partial charge is 0.186 e. The fourth-order valence-electron chi connectivity index (χ4n) is 1.90. The van der Waals surface area contributed by atoms with Gasteiger partial charge in [-0.3, -0.25) is 0 Å². The van der Waals surface area contributed by atoms with Gasteiger partial charge in [0.25, 0.3) is 0 Å². The van der Waals surface area contributed by atoms with E-state index in [1.54, 1.807) is 26.1 Å². The quantitative estimate of drug-likeness (QED) is 0.939. The number of rotatable bonds is 4. The molecule has 0 saturated heterocycles. The fraction of sp³-hybridized carbons (Fsp3) is 0.286. The van der Waals surface area contributed by atoms with Crippen LogP contribution in [0.5, 0.6) is 11.5 Å². The van der Waals surface area contributed by atoms with E-state index in [2.05, 4.69) is 15.3 Å². The summed E-state index contributed by atoms with van der Waals surface area (Å²) >= 11 is 6.16. The first-order valence-corrected chi connectivity index (χ1v) is 6.53. The van der Waals surface area contributed by atoms with E-state index in [4.69, 9.17) is 21.1 Å². The van der Waals surface area contributed by atoms with Gasteiger partial charge in [0.15, 0.2) is 29.0 Å². The van der Waals surface area contributed by atoms with E-state index in [0.29, 0.717) is 27.9 Å². The molecule has 0 aliphatic heterocycles. The lowest BCUT2D eigenvalue weighted by Gasteiger charge is -2.12. The van der Waals surface area contributed by atoms with E-state index in [0.717, 1.165) is 0 Å². The number of anilines is 1. The van der Waals surface area contributed by atoms with Gasteiger partial charge in [-0.25, -0.2) is 14.4 Å².